The Morgan fingerprint density at radius 1 is 1.06 bits per heavy atom. The predicted octanol–water partition coefficient (Wildman–Crippen LogP) is 3.41. The Balaban J connectivity index is 2.36. The lowest BCUT2D eigenvalue weighted by Gasteiger charge is -2.31. The zero-order valence-electron chi connectivity index (χ0n) is 21.5. The highest BCUT2D eigenvalue weighted by Crippen LogP contribution is 2.22. The first-order valence-corrected chi connectivity index (χ1v) is 13.6. The number of hydrogen-bond donors (Lipinski definition) is 1. The molecule has 0 heterocycles. The lowest BCUT2D eigenvalue weighted by molar-refractivity contribution is -0.139. The number of nitrogens with one attached hydrogen (secondary N) is 1. The summed E-state index contributed by atoms with van der Waals surface area (Å²) in [4.78, 5) is 27.8. The van der Waals surface area contributed by atoms with Crippen LogP contribution in [0.25, 0.3) is 0 Å². The summed E-state index contributed by atoms with van der Waals surface area (Å²) in [7, 11) is -2.18. The molecule has 0 bridgehead atoms. The molecule has 0 saturated carbocycles. The van der Waals surface area contributed by atoms with Gasteiger partial charge in [-0.15, -0.1) is 0 Å². The van der Waals surface area contributed by atoms with Crippen molar-refractivity contribution in [2.24, 2.45) is 0 Å². The van der Waals surface area contributed by atoms with Crippen molar-refractivity contribution in [3.63, 3.8) is 0 Å². The fraction of sp³-hybridized carbons (Fsp3) is 0.462. The van der Waals surface area contributed by atoms with E-state index in [2.05, 4.69) is 5.32 Å². The molecule has 0 aromatic heterocycles. The molecule has 2 aromatic carbocycles. The zero-order chi connectivity index (χ0) is 26.2. The Morgan fingerprint density at radius 3 is 2.26 bits per heavy atom. The van der Waals surface area contributed by atoms with Crippen molar-refractivity contribution in [3.05, 3.63) is 59.2 Å². The van der Waals surface area contributed by atoms with E-state index in [1.807, 2.05) is 39.0 Å². The van der Waals surface area contributed by atoms with Gasteiger partial charge in [0.2, 0.25) is 21.8 Å². The van der Waals surface area contributed by atoms with Crippen LogP contribution >= 0.6 is 0 Å². The van der Waals surface area contributed by atoms with Gasteiger partial charge in [0, 0.05) is 13.1 Å². The molecule has 0 radical (unpaired) electrons. The normalized spacial score (nSPS) is 12.1. The van der Waals surface area contributed by atoms with Gasteiger partial charge in [-0.1, -0.05) is 31.5 Å². The van der Waals surface area contributed by atoms with Gasteiger partial charge in [-0.25, -0.2) is 8.42 Å². The van der Waals surface area contributed by atoms with Crippen molar-refractivity contribution in [1.82, 2.24) is 10.2 Å². The first-order valence-electron chi connectivity index (χ1n) is 11.7. The number of hydrogen-bond acceptors (Lipinski definition) is 5. The molecule has 0 aliphatic heterocycles. The average Bonchev–Trinajstić information content (AvgIpc) is 2.82. The number of ether oxygens (including phenoxy) is 1. The largest absolute Gasteiger partial charge is 0.497 e. The number of nitrogens with zero attached hydrogens (tertiary/aromatic N) is 2. The van der Waals surface area contributed by atoms with Crippen LogP contribution in [0.2, 0.25) is 0 Å². The van der Waals surface area contributed by atoms with Crippen molar-refractivity contribution in [2.45, 2.75) is 53.1 Å². The van der Waals surface area contributed by atoms with Crippen molar-refractivity contribution < 1.29 is 22.7 Å². The molecule has 9 heteroatoms. The van der Waals surface area contributed by atoms with Gasteiger partial charge in [0.25, 0.3) is 0 Å². The fourth-order valence-electron chi connectivity index (χ4n) is 3.54. The quantitative estimate of drug-likeness (QED) is 0.448. The summed E-state index contributed by atoms with van der Waals surface area (Å²) >= 11 is 0. The van der Waals surface area contributed by atoms with Gasteiger partial charge in [0.15, 0.2) is 0 Å². The van der Waals surface area contributed by atoms with Crippen LogP contribution in [0.1, 0.15) is 43.4 Å². The molecular formula is C26H37N3O5S. The summed E-state index contributed by atoms with van der Waals surface area (Å²) in [6, 6.07) is 11.7. The Kier molecular flexibility index (Phi) is 10.1. The second-order valence-corrected chi connectivity index (χ2v) is 10.6. The maximum Gasteiger partial charge on any atom is 0.244 e. The van der Waals surface area contributed by atoms with Crippen LogP contribution in [-0.2, 0) is 26.2 Å². The van der Waals surface area contributed by atoms with Crippen LogP contribution in [0, 0.1) is 13.8 Å². The minimum Gasteiger partial charge on any atom is -0.497 e. The Morgan fingerprint density at radius 2 is 1.71 bits per heavy atom. The Hall–Kier alpha value is -3.07. The molecule has 1 N–H and O–H groups in total. The van der Waals surface area contributed by atoms with Crippen molar-refractivity contribution in [3.8, 4) is 5.75 Å². The molecule has 2 amide bonds. The highest BCUT2D eigenvalue weighted by atomic mass is 32.2. The van der Waals surface area contributed by atoms with Crippen LogP contribution in [0.15, 0.2) is 42.5 Å². The van der Waals surface area contributed by atoms with Gasteiger partial charge in [-0.2, -0.15) is 0 Å². The number of benzene rings is 2. The van der Waals surface area contributed by atoms with Crippen LogP contribution in [-0.4, -0.2) is 57.6 Å². The summed E-state index contributed by atoms with van der Waals surface area (Å²) in [5.74, 6) is -0.0741. The maximum absolute atomic E-state index is 13.5. The number of aryl methyl sites for hydroxylation is 2. The van der Waals surface area contributed by atoms with Crippen molar-refractivity contribution >= 4 is 27.5 Å². The van der Waals surface area contributed by atoms with Crippen molar-refractivity contribution in [1.29, 1.82) is 0 Å². The molecule has 0 saturated heterocycles. The minimum absolute atomic E-state index is 0.149. The molecule has 1 atom stereocenters. The van der Waals surface area contributed by atoms with Gasteiger partial charge in [0.05, 0.1) is 19.1 Å². The van der Waals surface area contributed by atoms with E-state index < -0.39 is 28.5 Å². The van der Waals surface area contributed by atoms with E-state index >= 15 is 0 Å². The number of amides is 2. The smallest absolute Gasteiger partial charge is 0.244 e. The van der Waals surface area contributed by atoms with Gasteiger partial charge in [-0.05, 0) is 68.1 Å². The second kappa shape index (κ2) is 12.6. The van der Waals surface area contributed by atoms with Crippen LogP contribution in [0.5, 0.6) is 5.75 Å². The van der Waals surface area contributed by atoms with E-state index in [1.54, 1.807) is 38.3 Å². The minimum atomic E-state index is -3.75. The molecule has 35 heavy (non-hydrogen) atoms. The standard InChI is InChI=1S/C26H37N3O5S/c1-7-8-15-27-26(31)21(4)28(17-22-10-13-24(34-5)14-11-22)25(30)18-29(35(6,32)33)23-12-9-19(2)20(3)16-23/h9-14,16,21H,7-8,15,17-18H2,1-6H3,(H,27,31). The van der Waals surface area contributed by atoms with Gasteiger partial charge < -0.3 is 15.0 Å². The van der Waals surface area contributed by atoms with E-state index in [4.69, 9.17) is 4.74 Å². The zero-order valence-corrected chi connectivity index (χ0v) is 22.3. The monoisotopic (exact) mass is 503 g/mol. The summed E-state index contributed by atoms with van der Waals surface area (Å²) in [5.41, 5.74) is 3.15. The molecule has 0 spiro atoms. The topological polar surface area (TPSA) is 96.0 Å². The lowest BCUT2D eigenvalue weighted by atomic mass is 10.1. The number of methoxy groups -OCH3 is 1. The molecule has 0 aliphatic rings. The summed E-state index contributed by atoms with van der Waals surface area (Å²) in [6.07, 6.45) is 2.84. The first-order chi connectivity index (χ1) is 16.5. The molecule has 2 rings (SSSR count). The van der Waals surface area contributed by atoms with Crippen molar-refractivity contribution in [2.75, 3.05) is 30.8 Å². The molecule has 8 nitrogen and oxygen atoms in total. The Labute approximate surface area is 209 Å². The average molecular weight is 504 g/mol. The highest BCUT2D eigenvalue weighted by Gasteiger charge is 2.30. The molecule has 0 aliphatic carbocycles. The summed E-state index contributed by atoms with van der Waals surface area (Å²) < 4.78 is 31.6. The third-order valence-corrected chi connectivity index (χ3v) is 7.11. The molecule has 1 unspecified atom stereocenters. The molecule has 0 fully saturated rings. The van der Waals surface area contributed by atoms with E-state index in [1.165, 1.54) is 4.90 Å². The molecular weight excluding hydrogens is 466 g/mol. The van der Waals surface area contributed by atoms with Gasteiger partial charge >= 0.3 is 0 Å². The third kappa shape index (κ3) is 7.99. The van der Waals surface area contributed by atoms with Crippen LogP contribution in [0.3, 0.4) is 0 Å². The highest BCUT2D eigenvalue weighted by molar-refractivity contribution is 7.92. The van der Waals surface area contributed by atoms with Gasteiger partial charge in [-0.3, -0.25) is 13.9 Å². The van der Waals surface area contributed by atoms with E-state index in [0.717, 1.165) is 40.1 Å². The lowest BCUT2D eigenvalue weighted by Crippen LogP contribution is -2.51. The fourth-order valence-corrected chi connectivity index (χ4v) is 4.38. The van der Waals surface area contributed by atoms with Crippen LogP contribution in [0.4, 0.5) is 5.69 Å². The number of unbranched alkanes of at least 4 members (excludes halogenated alkanes) is 1. The van der Waals surface area contributed by atoms with E-state index in [-0.39, 0.29) is 12.5 Å². The number of carbonyl (C=O) groups excluding carboxylic acids is 2. The number of sulfonamides is 1. The molecule has 2 aromatic rings. The number of carbonyl (C=O) groups is 2. The number of rotatable bonds is 12. The van der Waals surface area contributed by atoms with Gasteiger partial charge in [0.1, 0.15) is 18.3 Å². The SMILES string of the molecule is CCCCNC(=O)C(C)N(Cc1ccc(OC)cc1)C(=O)CN(c1ccc(C)c(C)c1)S(C)(=O)=O. The first kappa shape index (κ1) is 28.2. The van der Waals surface area contributed by atoms with E-state index in [0.29, 0.717) is 18.0 Å². The Bertz CT molecular complexity index is 1120. The third-order valence-electron chi connectivity index (χ3n) is 5.97. The van der Waals surface area contributed by atoms with Crippen LogP contribution < -0.4 is 14.4 Å². The summed E-state index contributed by atoms with van der Waals surface area (Å²) in [5, 5.41) is 2.87. The van der Waals surface area contributed by atoms with E-state index in [9.17, 15) is 18.0 Å². The second-order valence-electron chi connectivity index (χ2n) is 8.73. The number of anilines is 1. The summed E-state index contributed by atoms with van der Waals surface area (Å²) in [6.45, 7) is 7.76. The predicted molar refractivity (Wildman–Crippen MR) is 139 cm³/mol. The maximum atomic E-state index is 13.5. The molecule has 192 valence electrons.